The molecule has 1 amide bonds. The summed E-state index contributed by atoms with van der Waals surface area (Å²) in [7, 11) is 0. The lowest BCUT2D eigenvalue weighted by Gasteiger charge is -2.18. The Bertz CT molecular complexity index is 221. The molecule has 0 bridgehead atoms. The van der Waals surface area contributed by atoms with E-state index in [2.05, 4.69) is 17.6 Å². The van der Waals surface area contributed by atoms with Crippen LogP contribution in [-0.2, 0) is 9.53 Å². The molecule has 1 rings (SSSR count). The number of amides is 1. The summed E-state index contributed by atoms with van der Waals surface area (Å²) in [6.45, 7) is 5.99. The second kappa shape index (κ2) is 6.83. The number of carbonyl (C=O) groups excluding carboxylic acids is 1. The molecule has 0 aliphatic carbocycles. The fraction of sp³-hybridized carbons (Fsp3) is 0.909. The first kappa shape index (κ1) is 13.4. The van der Waals surface area contributed by atoms with Crippen LogP contribution >= 0.6 is 0 Å². The van der Waals surface area contributed by atoms with Crippen LogP contribution in [-0.4, -0.2) is 49.5 Å². The summed E-state index contributed by atoms with van der Waals surface area (Å²) in [5.41, 5.74) is 0. The molecule has 1 aliphatic rings. The third kappa shape index (κ3) is 4.08. The fourth-order valence-corrected chi connectivity index (χ4v) is 1.72. The monoisotopic (exact) mass is 230 g/mol. The Morgan fingerprint density at radius 2 is 2.31 bits per heavy atom. The maximum Gasteiger partial charge on any atom is 0.227 e. The number of hydrogen-bond donors (Lipinski definition) is 3. The predicted octanol–water partition coefficient (Wildman–Crippen LogP) is -0.502. The standard InChI is InChI=1S/C11H22N2O3/c1-3-4-12-10-7-16-6-9(10)11(15)13-5-8(2)14/h8-10,12,14H,3-7H2,1-2H3,(H,13,15)/t8-,9?,10?/m0/s1. The molecule has 2 unspecified atom stereocenters. The van der Waals surface area contributed by atoms with E-state index in [9.17, 15) is 4.79 Å². The Labute approximate surface area is 96.6 Å². The molecule has 1 fully saturated rings. The van der Waals surface area contributed by atoms with Gasteiger partial charge < -0.3 is 20.5 Å². The number of aliphatic hydroxyl groups is 1. The van der Waals surface area contributed by atoms with Crippen LogP contribution in [0.1, 0.15) is 20.3 Å². The molecule has 94 valence electrons. The van der Waals surface area contributed by atoms with Crippen LogP contribution < -0.4 is 10.6 Å². The highest BCUT2D eigenvalue weighted by atomic mass is 16.5. The highest BCUT2D eigenvalue weighted by Crippen LogP contribution is 2.13. The van der Waals surface area contributed by atoms with Crippen molar-refractivity contribution in [2.24, 2.45) is 5.92 Å². The number of nitrogens with one attached hydrogen (secondary N) is 2. The number of hydrogen-bond acceptors (Lipinski definition) is 4. The van der Waals surface area contributed by atoms with Crippen molar-refractivity contribution in [1.29, 1.82) is 0 Å². The largest absolute Gasteiger partial charge is 0.392 e. The molecule has 16 heavy (non-hydrogen) atoms. The van der Waals surface area contributed by atoms with Crippen molar-refractivity contribution in [3.8, 4) is 0 Å². The van der Waals surface area contributed by atoms with Gasteiger partial charge in [0.1, 0.15) is 0 Å². The van der Waals surface area contributed by atoms with Crippen LogP contribution in [0.3, 0.4) is 0 Å². The minimum atomic E-state index is -0.506. The van der Waals surface area contributed by atoms with E-state index in [1.165, 1.54) is 0 Å². The number of carbonyl (C=O) groups is 1. The lowest BCUT2D eigenvalue weighted by atomic mass is 10.0. The van der Waals surface area contributed by atoms with Crippen LogP contribution in [0.5, 0.6) is 0 Å². The van der Waals surface area contributed by atoms with Crippen molar-refractivity contribution in [3.63, 3.8) is 0 Å². The molecule has 5 heteroatoms. The Morgan fingerprint density at radius 1 is 1.56 bits per heavy atom. The van der Waals surface area contributed by atoms with Gasteiger partial charge in [-0.25, -0.2) is 0 Å². The van der Waals surface area contributed by atoms with Gasteiger partial charge in [0.2, 0.25) is 5.91 Å². The van der Waals surface area contributed by atoms with Crippen LogP contribution in [0.25, 0.3) is 0 Å². The first-order chi connectivity index (χ1) is 7.65. The van der Waals surface area contributed by atoms with Gasteiger partial charge in [-0.05, 0) is 19.9 Å². The third-order valence-corrected chi connectivity index (χ3v) is 2.65. The van der Waals surface area contributed by atoms with Crippen molar-refractivity contribution in [1.82, 2.24) is 10.6 Å². The Hall–Kier alpha value is -0.650. The molecular weight excluding hydrogens is 208 g/mol. The van der Waals surface area contributed by atoms with Gasteiger partial charge in [0.25, 0.3) is 0 Å². The van der Waals surface area contributed by atoms with Crippen LogP contribution in [0.15, 0.2) is 0 Å². The topological polar surface area (TPSA) is 70.6 Å². The molecule has 1 aliphatic heterocycles. The molecule has 3 N–H and O–H groups in total. The summed E-state index contributed by atoms with van der Waals surface area (Å²) in [5.74, 6) is -0.169. The molecule has 1 saturated heterocycles. The Kier molecular flexibility index (Phi) is 5.73. The van der Waals surface area contributed by atoms with Gasteiger partial charge in [-0.2, -0.15) is 0 Å². The van der Waals surface area contributed by atoms with Gasteiger partial charge in [0.05, 0.1) is 25.2 Å². The summed E-state index contributed by atoms with van der Waals surface area (Å²) in [6, 6.07) is 0.106. The minimum absolute atomic E-state index is 0.0352. The number of rotatable bonds is 6. The van der Waals surface area contributed by atoms with E-state index in [0.29, 0.717) is 19.8 Å². The molecular formula is C11H22N2O3. The van der Waals surface area contributed by atoms with E-state index in [1.807, 2.05) is 0 Å². The first-order valence-electron chi connectivity index (χ1n) is 5.92. The summed E-state index contributed by atoms with van der Waals surface area (Å²) in [5, 5.41) is 15.1. The summed E-state index contributed by atoms with van der Waals surface area (Å²) >= 11 is 0. The lowest BCUT2D eigenvalue weighted by molar-refractivity contribution is -0.125. The highest BCUT2D eigenvalue weighted by Gasteiger charge is 2.33. The SMILES string of the molecule is CCCNC1COCC1C(=O)NC[C@H](C)O. The van der Waals surface area contributed by atoms with Crippen molar-refractivity contribution >= 4 is 5.91 Å². The normalized spacial score (nSPS) is 26.7. The average molecular weight is 230 g/mol. The van der Waals surface area contributed by atoms with Crippen LogP contribution in [0, 0.1) is 5.92 Å². The van der Waals surface area contributed by atoms with Gasteiger partial charge in [-0.3, -0.25) is 4.79 Å². The number of ether oxygens (including phenoxy) is 1. The zero-order valence-electron chi connectivity index (χ0n) is 10.0. The van der Waals surface area contributed by atoms with Crippen molar-refractivity contribution < 1.29 is 14.6 Å². The summed E-state index contributed by atoms with van der Waals surface area (Å²) < 4.78 is 5.31. The van der Waals surface area contributed by atoms with Gasteiger partial charge in [0, 0.05) is 12.6 Å². The molecule has 0 saturated carbocycles. The predicted molar refractivity (Wildman–Crippen MR) is 61.1 cm³/mol. The molecule has 1 heterocycles. The zero-order valence-corrected chi connectivity index (χ0v) is 10.0. The van der Waals surface area contributed by atoms with E-state index in [-0.39, 0.29) is 17.9 Å². The maximum absolute atomic E-state index is 11.8. The fourth-order valence-electron chi connectivity index (χ4n) is 1.72. The number of aliphatic hydroxyl groups excluding tert-OH is 1. The Morgan fingerprint density at radius 3 is 2.94 bits per heavy atom. The van der Waals surface area contributed by atoms with E-state index in [0.717, 1.165) is 13.0 Å². The molecule has 5 nitrogen and oxygen atoms in total. The van der Waals surface area contributed by atoms with Gasteiger partial charge in [0.15, 0.2) is 0 Å². The van der Waals surface area contributed by atoms with Crippen molar-refractivity contribution in [3.05, 3.63) is 0 Å². The van der Waals surface area contributed by atoms with E-state index >= 15 is 0 Å². The maximum atomic E-state index is 11.8. The van der Waals surface area contributed by atoms with E-state index < -0.39 is 6.10 Å². The first-order valence-corrected chi connectivity index (χ1v) is 5.92. The van der Waals surface area contributed by atoms with Gasteiger partial charge in [-0.15, -0.1) is 0 Å². The molecule has 3 atom stereocenters. The minimum Gasteiger partial charge on any atom is -0.392 e. The van der Waals surface area contributed by atoms with Crippen molar-refractivity contribution in [2.75, 3.05) is 26.3 Å². The molecule has 0 aromatic heterocycles. The third-order valence-electron chi connectivity index (χ3n) is 2.65. The molecule has 0 aromatic rings. The van der Waals surface area contributed by atoms with Gasteiger partial charge >= 0.3 is 0 Å². The average Bonchev–Trinajstić information content (AvgIpc) is 2.71. The second-order valence-electron chi connectivity index (χ2n) is 4.30. The Balaban J connectivity index is 2.35. The lowest BCUT2D eigenvalue weighted by Crippen LogP contribution is -2.45. The molecule has 0 radical (unpaired) electrons. The summed E-state index contributed by atoms with van der Waals surface area (Å²) in [6.07, 6.45) is 0.534. The van der Waals surface area contributed by atoms with Crippen LogP contribution in [0.4, 0.5) is 0 Å². The van der Waals surface area contributed by atoms with E-state index in [1.54, 1.807) is 6.92 Å². The molecule has 0 spiro atoms. The van der Waals surface area contributed by atoms with Gasteiger partial charge in [-0.1, -0.05) is 6.92 Å². The molecule has 0 aromatic carbocycles. The zero-order chi connectivity index (χ0) is 12.0. The van der Waals surface area contributed by atoms with Crippen LogP contribution in [0.2, 0.25) is 0 Å². The second-order valence-corrected chi connectivity index (χ2v) is 4.30. The highest BCUT2D eigenvalue weighted by molar-refractivity contribution is 5.79. The van der Waals surface area contributed by atoms with E-state index in [4.69, 9.17) is 9.84 Å². The van der Waals surface area contributed by atoms with Crippen molar-refractivity contribution in [2.45, 2.75) is 32.4 Å². The summed E-state index contributed by atoms with van der Waals surface area (Å²) in [4.78, 5) is 11.8. The quantitative estimate of drug-likeness (QED) is 0.575. The smallest absolute Gasteiger partial charge is 0.227 e.